The van der Waals surface area contributed by atoms with Crippen LogP contribution in [0, 0.1) is 0 Å². The number of halogens is 1. The van der Waals surface area contributed by atoms with Crippen LogP contribution >= 0.6 is 11.6 Å². The molecule has 1 N–H and O–H groups in total. The van der Waals surface area contributed by atoms with Crippen molar-refractivity contribution in [1.82, 2.24) is 9.97 Å². The number of hydrogen-bond donors (Lipinski definition) is 1. The van der Waals surface area contributed by atoms with Crippen molar-refractivity contribution in [3.05, 3.63) is 17.0 Å². The molecular formula is C10H12ClN3O2. The molecule has 0 spiro atoms. The van der Waals surface area contributed by atoms with Gasteiger partial charge in [-0.15, -0.1) is 0 Å². The molecule has 0 aromatic carbocycles. The maximum atomic E-state index is 10.9. The SMILES string of the molecule is O=Cc1c(Cl)ncnc1N(CCO)C1CC1. The van der Waals surface area contributed by atoms with Crippen LogP contribution in [-0.2, 0) is 0 Å². The number of carbonyl (C=O) groups excluding carboxylic acids is 1. The number of carbonyl (C=O) groups is 1. The Hall–Kier alpha value is -1.20. The number of rotatable bonds is 5. The van der Waals surface area contributed by atoms with Crippen molar-refractivity contribution < 1.29 is 9.90 Å². The fraction of sp³-hybridized carbons (Fsp3) is 0.500. The van der Waals surface area contributed by atoms with Crippen molar-refractivity contribution >= 4 is 23.7 Å². The topological polar surface area (TPSA) is 66.3 Å². The number of hydrogen-bond acceptors (Lipinski definition) is 5. The number of aliphatic hydroxyl groups excluding tert-OH is 1. The summed E-state index contributed by atoms with van der Waals surface area (Å²) in [5.41, 5.74) is 0.296. The van der Waals surface area contributed by atoms with Crippen LogP contribution in [0.4, 0.5) is 5.82 Å². The Morgan fingerprint density at radius 1 is 1.56 bits per heavy atom. The van der Waals surface area contributed by atoms with Gasteiger partial charge in [0.2, 0.25) is 0 Å². The number of aliphatic hydroxyl groups is 1. The molecule has 0 atom stereocenters. The standard InChI is InChI=1S/C10H12ClN3O2/c11-9-8(5-16)10(13-6-12-9)14(3-4-15)7-1-2-7/h5-7,15H,1-4H2. The molecule has 1 heterocycles. The Kier molecular flexibility index (Phi) is 3.36. The minimum absolute atomic E-state index is 0.0242. The molecule has 0 radical (unpaired) electrons. The Balaban J connectivity index is 2.35. The summed E-state index contributed by atoms with van der Waals surface area (Å²) in [5, 5.41) is 9.16. The van der Waals surface area contributed by atoms with Gasteiger partial charge in [0.05, 0.1) is 12.2 Å². The van der Waals surface area contributed by atoms with Crippen molar-refractivity contribution in [2.75, 3.05) is 18.1 Å². The molecule has 1 aromatic heterocycles. The molecule has 86 valence electrons. The highest BCUT2D eigenvalue weighted by molar-refractivity contribution is 6.32. The van der Waals surface area contributed by atoms with Crippen molar-refractivity contribution in [2.24, 2.45) is 0 Å². The first kappa shape index (κ1) is 11.3. The first-order chi connectivity index (χ1) is 7.77. The summed E-state index contributed by atoms with van der Waals surface area (Å²) < 4.78 is 0. The second kappa shape index (κ2) is 4.76. The maximum Gasteiger partial charge on any atom is 0.156 e. The molecule has 0 bridgehead atoms. The Labute approximate surface area is 98.1 Å². The first-order valence-electron chi connectivity index (χ1n) is 5.11. The van der Waals surface area contributed by atoms with Gasteiger partial charge in [0.1, 0.15) is 17.3 Å². The van der Waals surface area contributed by atoms with E-state index in [0.717, 1.165) is 12.8 Å². The van der Waals surface area contributed by atoms with Crippen LogP contribution in [0.15, 0.2) is 6.33 Å². The van der Waals surface area contributed by atoms with Crippen LogP contribution in [0.5, 0.6) is 0 Å². The Bertz CT molecular complexity index is 396. The van der Waals surface area contributed by atoms with Gasteiger partial charge in [0, 0.05) is 12.6 Å². The van der Waals surface area contributed by atoms with Crippen LogP contribution in [0.2, 0.25) is 5.15 Å². The molecule has 0 amide bonds. The van der Waals surface area contributed by atoms with Gasteiger partial charge >= 0.3 is 0 Å². The summed E-state index contributed by atoms with van der Waals surface area (Å²) in [7, 11) is 0. The molecule has 6 heteroatoms. The third kappa shape index (κ3) is 2.15. The predicted molar refractivity (Wildman–Crippen MR) is 59.9 cm³/mol. The average molecular weight is 242 g/mol. The molecule has 5 nitrogen and oxygen atoms in total. The fourth-order valence-electron chi connectivity index (χ4n) is 1.65. The van der Waals surface area contributed by atoms with Gasteiger partial charge in [-0.1, -0.05) is 11.6 Å². The van der Waals surface area contributed by atoms with E-state index in [1.165, 1.54) is 6.33 Å². The lowest BCUT2D eigenvalue weighted by Gasteiger charge is -2.23. The first-order valence-corrected chi connectivity index (χ1v) is 5.49. The van der Waals surface area contributed by atoms with Gasteiger partial charge in [0.15, 0.2) is 6.29 Å². The number of aromatic nitrogens is 2. The highest BCUT2D eigenvalue weighted by Gasteiger charge is 2.31. The molecule has 0 saturated heterocycles. The Morgan fingerprint density at radius 3 is 2.88 bits per heavy atom. The number of anilines is 1. The molecular weight excluding hydrogens is 230 g/mol. The largest absolute Gasteiger partial charge is 0.395 e. The fourth-order valence-corrected chi connectivity index (χ4v) is 1.82. The predicted octanol–water partition coefficient (Wildman–Crippen LogP) is 0.904. The van der Waals surface area contributed by atoms with E-state index in [1.54, 1.807) is 0 Å². The Morgan fingerprint density at radius 2 is 2.31 bits per heavy atom. The van der Waals surface area contributed by atoms with E-state index >= 15 is 0 Å². The monoisotopic (exact) mass is 241 g/mol. The highest BCUT2D eigenvalue weighted by atomic mass is 35.5. The zero-order valence-electron chi connectivity index (χ0n) is 8.64. The van der Waals surface area contributed by atoms with E-state index in [0.29, 0.717) is 30.3 Å². The van der Waals surface area contributed by atoms with E-state index in [9.17, 15) is 4.79 Å². The van der Waals surface area contributed by atoms with Crippen LogP contribution in [-0.4, -0.2) is 40.6 Å². The van der Waals surface area contributed by atoms with Crippen molar-refractivity contribution in [1.29, 1.82) is 0 Å². The van der Waals surface area contributed by atoms with Crippen LogP contribution < -0.4 is 4.90 Å². The van der Waals surface area contributed by atoms with Gasteiger partial charge in [0.25, 0.3) is 0 Å². The second-order valence-corrected chi connectivity index (χ2v) is 4.03. The maximum absolute atomic E-state index is 10.9. The average Bonchev–Trinajstić information content (AvgIpc) is 3.09. The summed E-state index contributed by atoms with van der Waals surface area (Å²) in [4.78, 5) is 20.7. The van der Waals surface area contributed by atoms with Crippen LogP contribution in [0.3, 0.4) is 0 Å². The summed E-state index contributed by atoms with van der Waals surface area (Å²) in [5.74, 6) is 0.520. The smallest absolute Gasteiger partial charge is 0.156 e. The lowest BCUT2D eigenvalue weighted by atomic mass is 10.3. The van der Waals surface area contributed by atoms with Gasteiger partial charge in [-0.25, -0.2) is 9.97 Å². The summed E-state index contributed by atoms with van der Waals surface area (Å²) >= 11 is 5.83. The molecule has 0 aliphatic heterocycles. The summed E-state index contributed by atoms with van der Waals surface area (Å²) in [6, 6.07) is 0.358. The number of aldehydes is 1. The minimum atomic E-state index is 0.0242. The van der Waals surface area contributed by atoms with Gasteiger partial charge in [-0.2, -0.15) is 0 Å². The zero-order chi connectivity index (χ0) is 11.5. The molecule has 1 aliphatic rings. The quantitative estimate of drug-likeness (QED) is 0.613. The lowest BCUT2D eigenvalue weighted by Crippen LogP contribution is -2.30. The van der Waals surface area contributed by atoms with Gasteiger partial charge in [-0.3, -0.25) is 4.79 Å². The van der Waals surface area contributed by atoms with Crippen molar-refractivity contribution in [3.8, 4) is 0 Å². The molecule has 1 aromatic rings. The van der Waals surface area contributed by atoms with Crippen molar-refractivity contribution in [3.63, 3.8) is 0 Å². The highest BCUT2D eigenvalue weighted by Crippen LogP contribution is 2.32. The second-order valence-electron chi connectivity index (χ2n) is 3.67. The molecule has 16 heavy (non-hydrogen) atoms. The lowest BCUT2D eigenvalue weighted by molar-refractivity contribution is 0.112. The van der Waals surface area contributed by atoms with Crippen LogP contribution in [0.25, 0.3) is 0 Å². The molecule has 2 rings (SSSR count). The summed E-state index contributed by atoms with van der Waals surface area (Å²) in [6.45, 7) is 0.481. The molecule has 1 saturated carbocycles. The zero-order valence-corrected chi connectivity index (χ0v) is 9.39. The molecule has 0 unspecified atom stereocenters. The third-order valence-electron chi connectivity index (χ3n) is 2.53. The van der Waals surface area contributed by atoms with E-state index in [1.807, 2.05) is 4.90 Å². The van der Waals surface area contributed by atoms with Crippen LogP contribution in [0.1, 0.15) is 23.2 Å². The number of nitrogens with zero attached hydrogens (tertiary/aromatic N) is 3. The minimum Gasteiger partial charge on any atom is -0.395 e. The van der Waals surface area contributed by atoms with Gasteiger partial charge in [-0.05, 0) is 12.8 Å². The van der Waals surface area contributed by atoms with E-state index in [2.05, 4.69) is 9.97 Å². The molecule has 1 aliphatic carbocycles. The van der Waals surface area contributed by atoms with E-state index < -0.39 is 0 Å². The van der Waals surface area contributed by atoms with E-state index in [4.69, 9.17) is 16.7 Å². The molecule has 1 fully saturated rings. The van der Waals surface area contributed by atoms with E-state index in [-0.39, 0.29) is 11.8 Å². The summed E-state index contributed by atoms with van der Waals surface area (Å²) in [6.07, 6.45) is 4.10. The normalized spacial score (nSPS) is 14.9. The van der Waals surface area contributed by atoms with Gasteiger partial charge < -0.3 is 10.0 Å². The third-order valence-corrected chi connectivity index (χ3v) is 2.83. The van der Waals surface area contributed by atoms with Crippen molar-refractivity contribution in [2.45, 2.75) is 18.9 Å².